The van der Waals surface area contributed by atoms with E-state index < -0.39 is 0 Å². The number of hydrogen-bond acceptors (Lipinski definition) is 2. The summed E-state index contributed by atoms with van der Waals surface area (Å²) in [6.45, 7) is 0. The van der Waals surface area contributed by atoms with Crippen LogP contribution in [0.15, 0.2) is 168 Å². The van der Waals surface area contributed by atoms with Gasteiger partial charge in [-0.2, -0.15) is 0 Å². The molecule has 7 aromatic carbocycles. The summed E-state index contributed by atoms with van der Waals surface area (Å²) in [5.74, 6) is 0. The number of furan rings is 1. The maximum absolute atomic E-state index is 6.32. The molecule has 0 saturated heterocycles. The monoisotopic (exact) mass is 537 g/mol. The van der Waals surface area contributed by atoms with Crippen LogP contribution in [0.4, 0.5) is 17.1 Å². The Balaban J connectivity index is 1.27. The number of anilines is 3. The van der Waals surface area contributed by atoms with Crippen molar-refractivity contribution < 1.29 is 4.42 Å². The van der Waals surface area contributed by atoms with Gasteiger partial charge in [0.05, 0.1) is 0 Å². The van der Waals surface area contributed by atoms with Crippen LogP contribution in [0, 0.1) is 0 Å². The van der Waals surface area contributed by atoms with Crippen molar-refractivity contribution in [2.75, 3.05) is 4.90 Å². The normalized spacial score (nSPS) is 11.3. The molecule has 0 aliphatic carbocycles. The van der Waals surface area contributed by atoms with Gasteiger partial charge in [0.2, 0.25) is 0 Å². The number of nitrogens with zero attached hydrogens (tertiary/aromatic N) is 1. The molecule has 0 aliphatic heterocycles. The van der Waals surface area contributed by atoms with Crippen molar-refractivity contribution in [3.05, 3.63) is 164 Å². The Kier molecular flexibility index (Phi) is 5.82. The highest BCUT2D eigenvalue weighted by Gasteiger charge is 2.16. The number of rotatable bonds is 5. The van der Waals surface area contributed by atoms with Gasteiger partial charge in [-0.05, 0) is 87.6 Å². The van der Waals surface area contributed by atoms with Crippen molar-refractivity contribution in [2.24, 2.45) is 0 Å². The van der Waals surface area contributed by atoms with Gasteiger partial charge in [0, 0.05) is 27.8 Å². The van der Waals surface area contributed by atoms with E-state index in [4.69, 9.17) is 4.42 Å². The standard InChI is InChI=1S/C40H27NO/c1-3-9-28(10-4-1)30-15-19-34(20-16-30)41(35-21-17-31(18-22-35)29-11-5-2-6-12-29)36-23-24-39-38(27-36)37-25-32-13-7-8-14-33(32)26-40(37)42-39/h1-27H. The van der Waals surface area contributed by atoms with Crippen molar-refractivity contribution in [2.45, 2.75) is 0 Å². The molecule has 0 N–H and O–H groups in total. The average molecular weight is 538 g/mol. The van der Waals surface area contributed by atoms with E-state index in [9.17, 15) is 0 Å². The highest BCUT2D eigenvalue weighted by Crippen LogP contribution is 2.40. The van der Waals surface area contributed by atoms with Gasteiger partial charge in [-0.1, -0.05) is 109 Å². The first-order valence-electron chi connectivity index (χ1n) is 14.3. The fourth-order valence-electron chi connectivity index (χ4n) is 5.90. The van der Waals surface area contributed by atoms with E-state index in [1.807, 2.05) is 0 Å². The van der Waals surface area contributed by atoms with Crippen LogP contribution >= 0.6 is 0 Å². The van der Waals surface area contributed by atoms with Crippen molar-refractivity contribution >= 4 is 49.8 Å². The second-order valence-corrected chi connectivity index (χ2v) is 10.6. The lowest BCUT2D eigenvalue weighted by atomic mass is 10.0. The molecular formula is C40H27NO. The smallest absolute Gasteiger partial charge is 0.136 e. The van der Waals surface area contributed by atoms with Gasteiger partial charge < -0.3 is 9.32 Å². The summed E-state index contributed by atoms with van der Waals surface area (Å²) in [6.07, 6.45) is 0. The number of fused-ring (bicyclic) bond motifs is 4. The molecule has 0 saturated carbocycles. The van der Waals surface area contributed by atoms with E-state index in [0.717, 1.165) is 39.0 Å². The molecule has 2 nitrogen and oxygen atoms in total. The second-order valence-electron chi connectivity index (χ2n) is 10.6. The largest absolute Gasteiger partial charge is 0.456 e. The number of hydrogen-bond donors (Lipinski definition) is 0. The lowest BCUT2D eigenvalue weighted by molar-refractivity contribution is 0.669. The zero-order valence-electron chi connectivity index (χ0n) is 22.9. The molecule has 0 bridgehead atoms. The van der Waals surface area contributed by atoms with Crippen LogP contribution in [0.25, 0.3) is 55.0 Å². The molecule has 0 spiro atoms. The topological polar surface area (TPSA) is 16.4 Å². The lowest BCUT2D eigenvalue weighted by Crippen LogP contribution is -2.09. The highest BCUT2D eigenvalue weighted by molar-refractivity contribution is 6.11. The van der Waals surface area contributed by atoms with Gasteiger partial charge in [-0.3, -0.25) is 0 Å². The van der Waals surface area contributed by atoms with E-state index >= 15 is 0 Å². The van der Waals surface area contributed by atoms with Crippen LogP contribution in [-0.2, 0) is 0 Å². The Morgan fingerprint density at radius 1 is 0.333 bits per heavy atom. The molecule has 0 fully saturated rings. The fraction of sp³-hybridized carbons (Fsp3) is 0. The number of benzene rings is 7. The van der Waals surface area contributed by atoms with Gasteiger partial charge in [0.25, 0.3) is 0 Å². The van der Waals surface area contributed by atoms with E-state index in [-0.39, 0.29) is 0 Å². The van der Waals surface area contributed by atoms with E-state index in [1.54, 1.807) is 0 Å². The first-order chi connectivity index (χ1) is 20.8. The van der Waals surface area contributed by atoms with Gasteiger partial charge in [-0.25, -0.2) is 0 Å². The maximum Gasteiger partial charge on any atom is 0.136 e. The third kappa shape index (κ3) is 4.31. The van der Waals surface area contributed by atoms with Crippen LogP contribution in [0.1, 0.15) is 0 Å². The second kappa shape index (κ2) is 10.1. The maximum atomic E-state index is 6.32. The summed E-state index contributed by atoms with van der Waals surface area (Å²) >= 11 is 0. The molecule has 8 rings (SSSR count). The van der Waals surface area contributed by atoms with Crippen LogP contribution in [0.3, 0.4) is 0 Å². The molecule has 1 heterocycles. The van der Waals surface area contributed by atoms with Crippen molar-refractivity contribution in [1.29, 1.82) is 0 Å². The molecule has 198 valence electrons. The molecule has 1 aromatic heterocycles. The minimum atomic E-state index is 0.892. The third-order valence-electron chi connectivity index (χ3n) is 8.04. The SMILES string of the molecule is c1ccc(-c2ccc(N(c3ccc(-c4ccccc4)cc3)c3ccc4oc5cc6ccccc6cc5c4c3)cc2)cc1. The summed E-state index contributed by atoms with van der Waals surface area (Å²) in [5, 5.41) is 4.63. The highest BCUT2D eigenvalue weighted by atomic mass is 16.3. The molecule has 42 heavy (non-hydrogen) atoms. The summed E-state index contributed by atoms with van der Waals surface area (Å²) in [5.41, 5.74) is 9.89. The molecule has 0 amide bonds. The molecule has 0 unspecified atom stereocenters. The minimum Gasteiger partial charge on any atom is -0.456 e. The molecular weight excluding hydrogens is 510 g/mol. The molecule has 2 heteroatoms. The Labute approximate surface area is 244 Å². The molecule has 0 radical (unpaired) electrons. The predicted molar refractivity (Wildman–Crippen MR) is 177 cm³/mol. The Hall–Kier alpha value is -5.60. The van der Waals surface area contributed by atoms with Crippen LogP contribution < -0.4 is 4.90 Å². The Bertz CT molecular complexity index is 2080. The lowest BCUT2D eigenvalue weighted by Gasteiger charge is -2.26. The summed E-state index contributed by atoms with van der Waals surface area (Å²) in [4.78, 5) is 2.32. The predicted octanol–water partition coefficient (Wildman–Crippen LogP) is 11.5. The van der Waals surface area contributed by atoms with Gasteiger partial charge >= 0.3 is 0 Å². The first kappa shape index (κ1) is 24.2. The Morgan fingerprint density at radius 2 is 0.786 bits per heavy atom. The summed E-state index contributed by atoms with van der Waals surface area (Å²) in [6, 6.07) is 58.0. The molecule has 0 atom stereocenters. The van der Waals surface area contributed by atoms with Crippen molar-refractivity contribution in [3.8, 4) is 22.3 Å². The van der Waals surface area contributed by atoms with Crippen molar-refractivity contribution in [3.63, 3.8) is 0 Å². The summed E-state index contributed by atoms with van der Waals surface area (Å²) in [7, 11) is 0. The van der Waals surface area contributed by atoms with Gasteiger partial charge in [0.15, 0.2) is 0 Å². The average Bonchev–Trinajstić information content (AvgIpc) is 3.42. The van der Waals surface area contributed by atoms with Crippen LogP contribution in [-0.4, -0.2) is 0 Å². The molecule has 8 aromatic rings. The van der Waals surface area contributed by atoms with Crippen LogP contribution in [0.5, 0.6) is 0 Å². The zero-order chi connectivity index (χ0) is 27.9. The minimum absolute atomic E-state index is 0.892. The zero-order valence-corrected chi connectivity index (χ0v) is 22.9. The van der Waals surface area contributed by atoms with E-state index in [1.165, 1.54) is 33.0 Å². The van der Waals surface area contributed by atoms with E-state index in [2.05, 4.69) is 169 Å². The van der Waals surface area contributed by atoms with E-state index in [0.29, 0.717) is 0 Å². The van der Waals surface area contributed by atoms with Gasteiger partial charge in [-0.15, -0.1) is 0 Å². The first-order valence-corrected chi connectivity index (χ1v) is 14.3. The quantitative estimate of drug-likeness (QED) is 0.217. The van der Waals surface area contributed by atoms with Crippen molar-refractivity contribution in [1.82, 2.24) is 0 Å². The van der Waals surface area contributed by atoms with Gasteiger partial charge in [0.1, 0.15) is 11.2 Å². The van der Waals surface area contributed by atoms with Crippen LogP contribution in [0.2, 0.25) is 0 Å². The third-order valence-corrected chi connectivity index (χ3v) is 8.04. The summed E-state index contributed by atoms with van der Waals surface area (Å²) < 4.78 is 6.32. The fourth-order valence-corrected chi connectivity index (χ4v) is 5.90. The molecule has 0 aliphatic rings. The Morgan fingerprint density at radius 3 is 1.36 bits per heavy atom.